The molecule has 0 N–H and O–H groups in total. The number of para-hydroxylation sites is 1. The van der Waals surface area contributed by atoms with Crippen LogP contribution < -0.4 is 0 Å². The second-order valence-corrected chi connectivity index (χ2v) is 5.88. The van der Waals surface area contributed by atoms with Gasteiger partial charge in [-0.05, 0) is 22.2 Å². The van der Waals surface area contributed by atoms with E-state index in [9.17, 15) is 0 Å². The molecule has 0 aliphatic rings. The SMILES string of the molecule is C=Cn1c2ccccc2c2c3ccccc3c3ccccc3c21. The minimum absolute atomic E-state index is 1.21. The van der Waals surface area contributed by atoms with E-state index in [-0.39, 0.29) is 0 Å². The smallest absolute Gasteiger partial charge is 0.0619 e. The average Bonchev–Trinajstić information content (AvgIpc) is 2.97. The minimum Gasteiger partial charge on any atom is -0.316 e. The molecule has 108 valence electrons. The molecule has 0 unspecified atom stereocenters. The van der Waals surface area contributed by atoms with E-state index in [1.54, 1.807) is 0 Å². The molecule has 1 nitrogen and oxygen atoms in total. The summed E-state index contributed by atoms with van der Waals surface area (Å²) in [6.07, 6.45) is 1.92. The summed E-state index contributed by atoms with van der Waals surface area (Å²) in [7, 11) is 0. The molecule has 0 amide bonds. The fourth-order valence-electron chi connectivity index (χ4n) is 3.85. The van der Waals surface area contributed by atoms with Gasteiger partial charge >= 0.3 is 0 Å². The monoisotopic (exact) mass is 293 g/mol. The van der Waals surface area contributed by atoms with Crippen molar-refractivity contribution in [1.82, 2.24) is 4.57 Å². The Morgan fingerprint density at radius 2 is 1.13 bits per heavy atom. The number of nitrogens with zero attached hydrogens (tertiary/aromatic N) is 1. The zero-order valence-corrected chi connectivity index (χ0v) is 12.7. The molecule has 0 bridgehead atoms. The van der Waals surface area contributed by atoms with E-state index in [1.807, 2.05) is 6.20 Å². The molecule has 5 rings (SSSR count). The molecule has 4 aromatic carbocycles. The van der Waals surface area contributed by atoms with Gasteiger partial charge in [0, 0.05) is 22.4 Å². The lowest BCUT2D eigenvalue weighted by Gasteiger charge is -2.09. The van der Waals surface area contributed by atoms with Crippen molar-refractivity contribution in [2.45, 2.75) is 0 Å². The number of rotatable bonds is 1. The molecule has 0 saturated heterocycles. The predicted octanol–water partition coefficient (Wildman–Crippen LogP) is 6.20. The van der Waals surface area contributed by atoms with Crippen LogP contribution in [0.2, 0.25) is 0 Å². The molecule has 0 radical (unpaired) electrons. The number of benzene rings is 4. The Morgan fingerprint density at radius 3 is 1.83 bits per heavy atom. The summed E-state index contributed by atoms with van der Waals surface area (Å²) in [6, 6.07) is 25.9. The summed E-state index contributed by atoms with van der Waals surface area (Å²) < 4.78 is 2.22. The lowest BCUT2D eigenvalue weighted by Crippen LogP contribution is -1.87. The van der Waals surface area contributed by atoms with Crippen LogP contribution in [0.15, 0.2) is 79.4 Å². The van der Waals surface area contributed by atoms with Gasteiger partial charge < -0.3 is 4.57 Å². The van der Waals surface area contributed by atoms with E-state index < -0.39 is 0 Å². The van der Waals surface area contributed by atoms with E-state index in [0.717, 1.165) is 0 Å². The molecule has 1 heterocycles. The van der Waals surface area contributed by atoms with Crippen molar-refractivity contribution in [2.24, 2.45) is 0 Å². The van der Waals surface area contributed by atoms with Crippen LogP contribution in [0.1, 0.15) is 0 Å². The highest BCUT2D eigenvalue weighted by atomic mass is 15.0. The molecule has 0 aliphatic heterocycles. The maximum absolute atomic E-state index is 4.05. The number of hydrogen-bond donors (Lipinski definition) is 0. The van der Waals surface area contributed by atoms with Crippen molar-refractivity contribution in [3.05, 3.63) is 79.4 Å². The van der Waals surface area contributed by atoms with E-state index in [1.165, 1.54) is 43.4 Å². The van der Waals surface area contributed by atoms with Crippen molar-refractivity contribution in [2.75, 3.05) is 0 Å². The zero-order chi connectivity index (χ0) is 15.4. The molecule has 0 atom stereocenters. The number of aromatic nitrogens is 1. The molecule has 0 aliphatic carbocycles. The minimum atomic E-state index is 1.21. The van der Waals surface area contributed by atoms with Crippen LogP contribution in [0.25, 0.3) is 49.6 Å². The van der Waals surface area contributed by atoms with E-state index in [2.05, 4.69) is 83.9 Å². The molecule has 5 aromatic rings. The standard InChI is InChI=1S/C22H15N/c1-2-23-20-14-8-7-13-19(20)21-17-11-5-3-9-15(17)16-10-4-6-12-18(16)22(21)23/h2-14H,1H2. The van der Waals surface area contributed by atoms with Gasteiger partial charge in [-0.2, -0.15) is 0 Å². The summed E-state index contributed by atoms with van der Waals surface area (Å²) in [5.41, 5.74) is 2.45. The third-order valence-electron chi connectivity index (χ3n) is 4.76. The summed E-state index contributed by atoms with van der Waals surface area (Å²) in [4.78, 5) is 0. The van der Waals surface area contributed by atoms with Crippen LogP contribution in [0, 0.1) is 0 Å². The highest BCUT2D eigenvalue weighted by molar-refractivity contribution is 6.32. The first-order valence-corrected chi connectivity index (χ1v) is 7.85. The normalized spacial score (nSPS) is 11.7. The Morgan fingerprint density at radius 1 is 0.609 bits per heavy atom. The first-order chi connectivity index (χ1) is 11.4. The lowest BCUT2D eigenvalue weighted by atomic mass is 9.97. The van der Waals surface area contributed by atoms with Crippen LogP contribution in [0.4, 0.5) is 0 Å². The highest BCUT2D eigenvalue weighted by Crippen LogP contribution is 2.40. The Kier molecular flexibility index (Phi) is 2.42. The van der Waals surface area contributed by atoms with E-state index >= 15 is 0 Å². The van der Waals surface area contributed by atoms with E-state index in [4.69, 9.17) is 0 Å². The third kappa shape index (κ3) is 1.51. The molecule has 23 heavy (non-hydrogen) atoms. The summed E-state index contributed by atoms with van der Waals surface area (Å²) in [6.45, 7) is 4.05. The van der Waals surface area contributed by atoms with Crippen LogP contribution in [-0.4, -0.2) is 4.57 Å². The largest absolute Gasteiger partial charge is 0.316 e. The quantitative estimate of drug-likeness (QED) is 0.324. The fourth-order valence-corrected chi connectivity index (χ4v) is 3.85. The first kappa shape index (κ1) is 12.5. The van der Waals surface area contributed by atoms with Gasteiger partial charge in [0.15, 0.2) is 0 Å². The second-order valence-electron chi connectivity index (χ2n) is 5.88. The summed E-state index contributed by atoms with van der Waals surface area (Å²) in [5, 5.41) is 7.78. The van der Waals surface area contributed by atoms with Crippen LogP contribution in [0.3, 0.4) is 0 Å². The molecule has 1 heteroatoms. The zero-order valence-electron chi connectivity index (χ0n) is 12.7. The van der Waals surface area contributed by atoms with Gasteiger partial charge in [-0.15, -0.1) is 0 Å². The number of fused-ring (bicyclic) bond motifs is 8. The van der Waals surface area contributed by atoms with Gasteiger partial charge in [-0.3, -0.25) is 0 Å². The van der Waals surface area contributed by atoms with Gasteiger partial charge in [-0.25, -0.2) is 0 Å². The summed E-state index contributed by atoms with van der Waals surface area (Å²) >= 11 is 0. The highest BCUT2D eigenvalue weighted by Gasteiger charge is 2.15. The third-order valence-corrected chi connectivity index (χ3v) is 4.76. The molecule has 0 spiro atoms. The maximum atomic E-state index is 4.05. The molecular formula is C22H15N. The van der Waals surface area contributed by atoms with Gasteiger partial charge in [-0.1, -0.05) is 73.3 Å². The lowest BCUT2D eigenvalue weighted by molar-refractivity contribution is 1.31. The molecule has 1 aromatic heterocycles. The topological polar surface area (TPSA) is 4.93 Å². The second kappa shape index (κ2) is 4.47. The van der Waals surface area contributed by atoms with Crippen molar-refractivity contribution in [1.29, 1.82) is 0 Å². The van der Waals surface area contributed by atoms with Gasteiger partial charge in [0.1, 0.15) is 0 Å². The summed E-state index contributed by atoms with van der Waals surface area (Å²) in [5.74, 6) is 0. The predicted molar refractivity (Wildman–Crippen MR) is 101 cm³/mol. The average molecular weight is 293 g/mol. The van der Waals surface area contributed by atoms with Crippen molar-refractivity contribution < 1.29 is 0 Å². The Hall–Kier alpha value is -3.06. The maximum Gasteiger partial charge on any atom is 0.0619 e. The molecule has 0 saturated carbocycles. The van der Waals surface area contributed by atoms with Gasteiger partial charge in [0.2, 0.25) is 0 Å². The Bertz CT molecular complexity index is 1220. The van der Waals surface area contributed by atoms with Gasteiger partial charge in [0.25, 0.3) is 0 Å². The van der Waals surface area contributed by atoms with Crippen molar-refractivity contribution in [3.63, 3.8) is 0 Å². The van der Waals surface area contributed by atoms with E-state index in [0.29, 0.717) is 0 Å². The van der Waals surface area contributed by atoms with Crippen molar-refractivity contribution >= 4 is 49.6 Å². The van der Waals surface area contributed by atoms with Gasteiger partial charge in [0.05, 0.1) is 11.0 Å². The first-order valence-electron chi connectivity index (χ1n) is 7.85. The fraction of sp³-hybridized carbons (Fsp3) is 0. The molecule has 0 fully saturated rings. The number of hydrogen-bond acceptors (Lipinski definition) is 0. The van der Waals surface area contributed by atoms with Crippen molar-refractivity contribution in [3.8, 4) is 0 Å². The Balaban J connectivity index is 2.29. The van der Waals surface area contributed by atoms with Crippen LogP contribution in [-0.2, 0) is 0 Å². The van der Waals surface area contributed by atoms with Crippen LogP contribution >= 0.6 is 0 Å². The van der Waals surface area contributed by atoms with Crippen LogP contribution in [0.5, 0.6) is 0 Å². The molecular weight excluding hydrogens is 278 g/mol. The Labute approximate surface area is 134 Å².